The Morgan fingerprint density at radius 2 is 1.92 bits per heavy atom. The van der Waals surface area contributed by atoms with E-state index in [1.165, 1.54) is 10.6 Å². The Labute approximate surface area is 146 Å². The molecule has 0 fully saturated rings. The zero-order valence-corrected chi connectivity index (χ0v) is 14.6. The molecule has 0 aliphatic heterocycles. The number of carbonyl (C=O) groups excluding carboxylic acids is 1. The minimum atomic E-state index is -0.544. The van der Waals surface area contributed by atoms with E-state index >= 15 is 0 Å². The topological polar surface area (TPSA) is 77.1 Å². The van der Waals surface area contributed by atoms with Crippen molar-refractivity contribution in [1.82, 2.24) is 4.57 Å². The summed E-state index contributed by atoms with van der Waals surface area (Å²) in [6.07, 6.45) is 3.09. The molecule has 0 saturated heterocycles. The predicted molar refractivity (Wildman–Crippen MR) is 100 cm³/mol. The molecule has 1 heterocycles. The van der Waals surface area contributed by atoms with Gasteiger partial charge in [0, 0.05) is 23.5 Å². The summed E-state index contributed by atoms with van der Waals surface area (Å²) in [6.45, 7) is 3.88. The molecule has 126 valence electrons. The number of nitrogens with zero attached hydrogens (tertiary/aromatic N) is 1. The highest BCUT2D eigenvalue weighted by Crippen LogP contribution is 2.17. The third-order valence-electron chi connectivity index (χ3n) is 3.72. The lowest BCUT2D eigenvalue weighted by Gasteiger charge is -2.19. The lowest BCUT2D eigenvalue weighted by Crippen LogP contribution is -2.33. The van der Waals surface area contributed by atoms with E-state index in [9.17, 15) is 9.59 Å². The second-order valence-corrected chi connectivity index (χ2v) is 6.13. The summed E-state index contributed by atoms with van der Waals surface area (Å²) in [5.74, 6) is -0.215. The van der Waals surface area contributed by atoms with Crippen molar-refractivity contribution in [2.75, 3.05) is 5.32 Å². The zero-order chi connectivity index (χ0) is 17.7. The molecule has 2 aromatic rings. The summed E-state index contributed by atoms with van der Waals surface area (Å²) in [6, 6.07) is 9.69. The van der Waals surface area contributed by atoms with Gasteiger partial charge in [-0.15, -0.1) is 0 Å². The van der Waals surface area contributed by atoms with E-state index in [0.29, 0.717) is 17.1 Å². The van der Waals surface area contributed by atoms with Crippen LogP contribution in [0.5, 0.6) is 0 Å². The van der Waals surface area contributed by atoms with Gasteiger partial charge >= 0.3 is 0 Å². The van der Waals surface area contributed by atoms with Gasteiger partial charge in [0.25, 0.3) is 5.56 Å². The van der Waals surface area contributed by atoms with Gasteiger partial charge in [0.15, 0.2) is 0 Å². The van der Waals surface area contributed by atoms with Gasteiger partial charge in [0.1, 0.15) is 11.0 Å². The first-order valence-electron chi connectivity index (χ1n) is 7.82. The summed E-state index contributed by atoms with van der Waals surface area (Å²) >= 11 is 4.91. The molecule has 1 unspecified atom stereocenters. The van der Waals surface area contributed by atoms with E-state index in [1.54, 1.807) is 36.5 Å². The first-order valence-corrected chi connectivity index (χ1v) is 8.22. The second-order valence-electron chi connectivity index (χ2n) is 5.69. The number of amides is 1. The molecule has 0 aliphatic rings. The Bertz CT molecular complexity index is 797. The summed E-state index contributed by atoms with van der Waals surface area (Å²) in [4.78, 5) is 25.1. The fraction of sp³-hybridized carbons (Fsp3) is 0.278. The summed E-state index contributed by atoms with van der Waals surface area (Å²) in [5.41, 5.74) is 7.70. The minimum absolute atomic E-state index is 0.182. The fourth-order valence-corrected chi connectivity index (χ4v) is 2.61. The standard InChI is InChI=1S/C18H21N3O2S/c1-3-4-15(21-11-12(2)5-10-16(21)22)18(23)20-14-8-6-13(7-9-14)17(19)24/h5-11,15H,3-4H2,1-2H3,(H2,19,24)(H,20,23). The van der Waals surface area contributed by atoms with Gasteiger partial charge < -0.3 is 15.6 Å². The van der Waals surface area contributed by atoms with Crippen molar-refractivity contribution >= 4 is 28.8 Å². The number of hydrogen-bond acceptors (Lipinski definition) is 3. The van der Waals surface area contributed by atoms with Crippen LogP contribution in [-0.2, 0) is 4.79 Å². The van der Waals surface area contributed by atoms with Crippen LogP contribution >= 0.6 is 12.2 Å². The number of carbonyl (C=O) groups is 1. The SMILES string of the molecule is CCCC(C(=O)Nc1ccc(C(N)=S)cc1)n1cc(C)ccc1=O. The van der Waals surface area contributed by atoms with Crippen LogP contribution in [0.4, 0.5) is 5.69 Å². The summed E-state index contributed by atoms with van der Waals surface area (Å²) in [5, 5.41) is 2.86. The van der Waals surface area contributed by atoms with E-state index in [0.717, 1.165) is 17.5 Å². The molecule has 5 nitrogen and oxygen atoms in total. The molecule has 6 heteroatoms. The van der Waals surface area contributed by atoms with Crippen molar-refractivity contribution < 1.29 is 4.79 Å². The van der Waals surface area contributed by atoms with Crippen LogP contribution in [0.2, 0.25) is 0 Å². The Morgan fingerprint density at radius 1 is 1.25 bits per heavy atom. The van der Waals surface area contributed by atoms with Crippen molar-refractivity contribution in [3.8, 4) is 0 Å². The number of hydrogen-bond donors (Lipinski definition) is 2. The van der Waals surface area contributed by atoms with Crippen LogP contribution in [0.25, 0.3) is 0 Å². The van der Waals surface area contributed by atoms with Gasteiger partial charge in [-0.25, -0.2) is 0 Å². The van der Waals surface area contributed by atoms with Crippen LogP contribution in [0.15, 0.2) is 47.4 Å². The van der Waals surface area contributed by atoms with Gasteiger partial charge in [0.2, 0.25) is 5.91 Å². The van der Waals surface area contributed by atoms with Crippen LogP contribution in [0.1, 0.15) is 36.9 Å². The number of aromatic nitrogens is 1. The quantitative estimate of drug-likeness (QED) is 0.791. The first kappa shape index (κ1) is 17.9. The maximum absolute atomic E-state index is 12.7. The highest BCUT2D eigenvalue weighted by atomic mass is 32.1. The molecule has 1 aromatic heterocycles. The Balaban J connectivity index is 2.24. The van der Waals surface area contributed by atoms with Crippen molar-refractivity contribution in [1.29, 1.82) is 0 Å². The van der Waals surface area contributed by atoms with Crippen LogP contribution < -0.4 is 16.6 Å². The van der Waals surface area contributed by atoms with Crippen molar-refractivity contribution in [2.45, 2.75) is 32.7 Å². The monoisotopic (exact) mass is 343 g/mol. The summed E-state index contributed by atoms with van der Waals surface area (Å²) in [7, 11) is 0. The molecule has 0 aliphatic carbocycles. The molecular weight excluding hydrogens is 322 g/mol. The average Bonchev–Trinajstić information content (AvgIpc) is 2.55. The number of aryl methyl sites for hydroxylation is 1. The smallest absolute Gasteiger partial charge is 0.251 e. The number of anilines is 1. The Morgan fingerprint density at radius 3 is 2.50 bits per heavy atom. The van der Waals surface area contributed by atoms with E-state index in [4.69, 9.17) is 18.0 Å². The zero-order valence-electron chi connectivity index (χ0n) is 13.8. The molecule has 0 spiro atoms. The molecule has 0 bridgehead atoms. The fourth-order valence-electron chi connectivity index (χ4n) is 2.47. The van der Waals surface area contributed by atoms with Crippen LogP contribution in [0.3, 0.4) is 0 Å². The second kappa shape index (κ2) is 7.88. The predicted octanol–water partition coefficient (Wildman–Crippen LogP) is 2.77. The molecule has 0 saturated carbocycles. The number of thiocarbonyl (C=S) groups is 1. The highest BCUT2D eigenvalue weighted by Gasteiger charge is 2.20. The number of nitrogens with two attached hydrogens (primary N) is 1. The van der Waals surface area contributed by atoms with E-state index in [1.807, 2.05) is 13.8 Å². The Hall–Kier alpha value is -2.47. The maximum atomic E-state index is 12.7. The third-order valence-corrected chi connectivity index (χ3v) is 3.96. The number of rotatable bonds is 6. The first-order chi connectivity index (χ1) is 11.4. The molecule has 2 rings (SSSR count). The van der Waals surface area contributed by atoms with E-state index in [2.05, 4.69) is 5.32 Å². The highest BCUT2D eigenvalue weighted by molar-refractivity contribution is 7.80. The van der Waals surface area contributed by atoms with Gasteiger partial charge in [-0.05, 0) is 43.2 Å². The van der Waals surface area contributed by atoms with Crippen LogP contribution in [-0.4, -0.2) is 15.5 Å². The van der Waals surface area contributed by atoms with Crippen molar-refractivity contribution in [2.24, 2.45) is 5.73 Å². The molecule has 24 heavy (non-hydrogen) atoms. The van der Waals surface area contributed by atoms with Crippen molar-refractivity contribution in [3.63, 3.8) is 0 Å². The van der Waals surface area contributed by atoms with E-state index in [-0.39, 0.29) is 11.5 Å². The molecule has 0 radical (unpaired) electrons. The largest absolute Gasteiger partial charge is 0.389 e. The average molecular weight is 343 g/mol. The molecule has 1 atom stereocenters. The number of pyridine rings is 1. The lowest BCUT2D eigenvalue weighted by molar-refractivity contribution is -0.119. The maximum Gasteiger partial charge on any atom is 0.251 e. The minimum Gasteiger partial charge on any atom is -0.389 e. The van der Waals surface area contributed by atoms with Gasteiger partial charge in [-0.3, -0.25) is 9.59 Å². The normalized spacial score (nSPS) is 11.8. The molecule has 3 N–H and O–H groups in total. The molecular formula is C18H21N3O2S. The molecule has 1 aromatic carbocycles. The van der Waals surface area contributed by atoms with Crippen molar-refractivity contribution in [3.05, 3.63) is 64.1 Å². The van der Waals surface area contributed by atoms with Gasteiger partial charge in [-0.2, -0.15) is 0 Å². The summed E-state index contributed by atoms with van der Waals surface area (Å²) < 4.78 is 1.50. The number of nitrogens with one attached hydrogen (secondary N) is 1. The van der Waals surface area contributed by atoms with Crippen LogP contribution in [0, 0.1) is 6.92 Å². The lowest BCUT2D eigenvalue weighted by atomic mass is 10.1. The van der Waals surface area contributed by atoms with Gasteiger partial charge in [0.05, 0.1) is 0 Å². The number of benzene rings is 1. The third kappa shape index (κ3) is 4.29. The molecule has 1 amide bonds. The van der Waals surface area contributed by atoms with E-state index < -0.39 is 6.04 Å². The van der Waals surface area contributed by atoms with Gasteiger partial charge in [-0.1, -0.05) is 31.6 Å². The Kier molecular flexibility index (Phi) is 5.87.